The molecule has 15 heavy (non-hydrogen) atoms. The summed E-state index contributed by atoms with van der Waals surface area (Å²) in [4.78, 5) is 2.52. The van der Waals surface area contributed by atoms with Crippen molar-refractivity contribution in [2.45, 2.75) is 65.2 Å². The maximum Gasteiger partial charge on any atom is -0.00165 e. The molecule has 1 heteroatoms. The summed E-state index contributed by atoms with van der Waals surface area (Å²) in [6, 6.07) is 0. The monoisotopic (exact) mass is 211 g/mol. The van der Waals surface area contributed by atoms with Crippen LogP contribution < -0.4 is 0 Å². The zero-order valence-electron chi connectivity index (χ0n) is 11.0. The lowest BCUT2D eigenvalue weighted by atomic mass is 9.73. The minimum absolute atomic E-state index is 0.704. The van der Waals surface area contributed by atoms with Gasteiger partial charge in [0.2, 0.25) is 0 Å². The summed E-state index contributed by atoms with van der Waals surface area (Å²) in [5.74, 6) is 0. The van der Waals surface area contributed by atoms with Gasteiger partial charge in [0.05, 0.1) is 0 Å². The van der Waals surface area contributed by atoms with E-state index in [4.69, 9.17) is 0 Å². The van der Waals surface area contributed by atoms with Crippen LogP contribution in [0.3, 0.4) is 0 Å². The summed E-state index contributed by atoms with van der Waals surface area (Å²) in [6.07, 6.45) is 11.4. The molecule has 0 amide bonds. The van der Waals surface area contributed by atoms with Crippen molar-refractivity contribution in [3.63, 3.8) is 0 Å². The Kier molecular flexibility index (Phi) is 5.66. The lowest BCUT2D eigenvalue weighted by molar-refractivity contribution is 0.193. The molecule has 0 radical (unpaired) electrons. The Morgan fingerprint density at radius 2 is 1.80 bits per heavy atom. The molecule has 1 fully saturated rings. The highest BCUT2D eigenvalue weighted by molar-refractivity contribution is 4.82. The van der Waals surface area contributed by atoms with Crippen LogP contribution in [0.5, 0.6) is 0 Å². The van der Waals surface area contributed by atoms with E-state index < -0.39 is 0 Å². The molecule has 1 heterocycles. The molecular formula is C14H29N. The van der Waals surface area contributed by atoms with Crippen molar-refractivity contribution in [2.24, 2.45) is 5.41 Å². The average molecular weight is 211 g/mol. The zero-order valence-corrected chi connectivity index (χ0v) is 11.0. The van der Waals surface area contributed by atoms with Gasteiger partial charge in [0.15, 0.2) is 0 Å². The largest absolute Gasteiger partial charge is 0.306 e. The number of hydrogen-bond donors (Lipinski definition) is 0. The first-order valence-electron chi connectivity index (χ1n) is 6.91. The third-order valence-corrected chi connectivity index (χ3v) is 4.11. The fourth-order valence-corrected chi connectivity index (χ4v) is 3.10. The third kappa shape index (κ3) is 4.14. The molecule has 0 spiro atoms. The van der Waals surface area contributed by atoms with Gasteiger partial charge in [-0.2, -0.15) is 0 Å². The molecule has 90 valence electrons. The van der Waals surface area contributed by atoms with Crippen LogP contribution in [0, 0.1) is 5.41 Å². The molecule has 0 N–H and O–H groups in total. The molecule has 0 aromatic carbocycles. The van der Waals surface area contributed by atoms with Gasteiger partial charge in [-0.15, -0.1) is 0 Å². The Hall–Kier alpha value is -0.0400. The fraction of sp³-hybridized carbons (Fsp3) is 1.00. The van der Waals surface area contributed by atoms with Gasteiger partial charge in [-0.1, -0.05) is 33.1 Å². The highest BCUT2D eigenvalue weighted by atomic mass is 15.1. The highest BCUT2D eigenvalue weighted by Crippen LogP contribution is 2.40. The fourth-order valence-electron chi connectivity index (χ4n) is 3.10. The van der Waals surface area contributed by atoms with E-state index in [-0.39, 0.29) is 0 Å². The number of rotatable bonds is 5. The lowest BCUT2D eigenvalue weighted by Gasteiger charge is -2.32. The maximum atomic E-state index is 2.52. The lowest BCUT2D eigenvalue weighted by Crippen LogP contribution is -2.24. The van der Waals surface area contributed by atoms with Crippen LogP contribution >= 0.6 is 0 Å². The maximum absolute atomic E-state index is 2.52. The van der Waals surface area contributed by atoms with Crippen LogP contribution in [0.2, 0.25) is 0 Å². The molecule has 0 bridgehead atoms. The van der Waals surface area contributed by atoms with Gasteiger partial charge in [0.1, 0.15) is 0 Å². The van der Waals surface area contributed by atoms with E-state index in [2.05, 4.69) is 25.8 Å². The number of nitrogens with zero attached hydrogens (tertiary/aromatic N) is 1. The van der Waals surface area contributed by atoms with Crippen LogP contribution in [-0.4, -0.2) is 25.0 Å². The van der Waals surface area contributed by atoms with Crippen molar-refractivity contribution in [3.8, 4) is 0 Å². The van der Waals surface area contributed by atoms with Crippen molar-refractivity contribution in [1.82, 2.24) is 4.90 Å². The first-order chi connectivity index (χ1) is 7.22. The topological polar surface area (TPSA) is 3.24 Å². The van der Waals surface area contributed by atoms with Crippen LogP contribution in [0.1, 0.15) is 65.2 Å². The van der Waals surface area contributed by atoms with Gasteiger partial charge in [-0.05, 0) is 57.7 Å². The first kappa shape index (κ1) is 13.0. The van der Waals surface area contributed by atoms with E-state index in [0.717, 1.165) is 0 Å². The van der Waals surface area contributed by atoms with E-state index in [1.54, 1.807) is 0 Å². The number of likely N-dealkylation sites (tertiary alicyclic amines) is 1. The molecule has 1 saturated heterocycles. The van der Waals surface area contributed by atoms with E-state index in [9.17, 15) is 0 Å². The van der Waals surface area contributed by atoms with E-state index in [1.165, 1.54) is 64.5 Å². The molecule has 1 nitrogen and oxygen atoms in total. The summed E-state index contributed by atoms with van der Waals surface area (Å²) in [5.41, 5.74) is 0.704. The number of unbranched alkanes of at least 4 members (excludes halogenated alkanes) is 1. The summed E-state index contributed by atoms with van der Waals surface area (Å²) >= 11 is 0. The number of hydrogen-bond acceptors (Lipinski definition) is 1. The van der Waals surface area contributed by atoms with Gasteiger partial charge < -0.3 is 4.90 Å². The van der Waals surface area contributed by atoms with Gasteiger partial charge in [0, 0.05) is 0 Å². The van der Waals surface area contributed by atoms with Crippen molar-refractivity contribution in [2.75, 3.05) is 20.1 Å². The second-order valence-corrected chi connectivity index (χ2v) is 5.51. The molecular weight excluding hydrogens is 182 g/mol. The Morgan fingerprint density at radius 3 is 2.47 bits per heavy atom. The Labute approximate surface area is 96.2 Å². The van der Waals surface area contributed by atoms with Crippen LogP contribution in [0.25, 0.3) is 0 Å². The van der Waals surface area contributed by atoms with Crippen LogP contribution in [0.4, 0.5) is 0 Å². The summed E-state index contributed by atoms with van der Waals surface area (Å²) in [6.45, 7) is 7.31. The molecule has 1 atom stereocenters. The average Bonchev–Trinajstić information content (AvgIpc) is 2.40. The van der Waals surface area contributed by atoms with E-state index >= 15 is 0 Å². The third-order valence-electron chi connectivity index (χ3n) is 4.11. The first-order valence-corrected chi connectivity index (χ1v) is 6.91. The summed E-state index contributed by atoms with van der Waals surface area (Å²) < 4.78 is 0. The molecule has 1 unspecified atom stereocenters. The molecule has 1 rings (SSSR count). The van der Waals surface area contributed by atoms with Crippen molar-refractivity contribution < 1.29 is 0 Å². The van der Waals surface area contributed by atoms with E-state index in [1.807, 2.05) is 0 Å². The van der Waals surface area contributed by atoms with Crippen molar-refractivity contribution in [1.29, 1.82) is 0 Å². The van der Waals surface area contributed by atoms with Gasteiger partial charge in [-0.3, -0.25) is 0 Å². The standard InChI is InChI=1S/C14H29N/c1-4-6-9-14(8-5-2)10-7-12-15(3)13-11-14/h4-13H2,1-3H3. The minimum atomic E-state index is 0.704. The van der Waals surface area contributed by atoms with Crippen LogP contribution in [0.15, 0.2) is 0 Å². The van der Waals surface area contributed by atoms with E-state index in [0.29, 0.717) is 5.41 Å². The normalized spacial score (nSPS) is 29.0. The summed E-state index contributed by atoms with van der Waals surface area (Å²) in [5, 5.41) is 0. The molecule has 0 aromatic heterocycles. The Balaban J connectivity index is 2.53. The molecule has 1 aliphatic rings. The Bertz CT molecular complexity index is 163. The second-order valence-electron chi connectivity index (χ2n) is 5.51. The summed E-state index contributed by atoms with van der Waals surface area (Å²) in [7, 11) is 2.28. The van der Waals surface area contributed by atoms with Crippen molar-refractivity contribution >= 4 is 0 Å². The molecule has 0 saturated carbocycles. The SMILES string of the molecule is CCCCC1(CCC)CCCN(C)CC1. The molecule has 1 aliphatic heterocycles. The quantitative estimate of drug-likeness (QED) is 0.662. The molecule has 0 aromatic rings. The second kappa shape index (κ2) is 6.52. The van der Waals surface area contributed by atoms with Crippen LogP contribution in [-0.2, 0) is 0 Å². The van der Waals surface area contributed by atoms with Gasteiger partial charge >= 0.3 is 0 Å². The predicted octanol–water partition coefficient (Wildman–Crippen LogP) is 4.08. The van der Waals surface area contributed by atoms with Gasteiger partial charge in [0.25, 0.3) is 0 Å². The molecule has 0 aliphatic carbocycles. The van der Waals surface area contributed by atoms with Gasteiger partial charge in [-0.25, -0.2) is 0 Å². The smallest absolute Gasteiger partial charge is 0.00165 e. The predicted molar refractivity (Wildman–Crippen MR) is 68.2 cm³/mol. The minimum Gasteiger partial charge on any atom is -0.306 e. The Morgan fingerprint density at radius 1 is 1.00 bits per heavy atom. The highest BCUT2D eigenvalue weighted by Gasteiger charge is 2.30. The van der Waals surface area contributed by atoms with Crippen molar-refractivity contribution in [3.05, 3.63) is 0 Å². The zero-order chi connectivity index (χ0) is 11.1.